The number of amides is 2. The maximum absolute atomic E-state index is 13.2. The average Bonchev–Trinajstić information content (AvgIpc) is 3.46. The Morgan fingerprint density at radius 3 is 2.54 bits per heavy atom. The van der Waals surface area contributed by atoms with Crippen LogP contribution in [0.15, 0.2) is 53.1 Å². The number of benzene rings is 1. The number of β-lactam (4-membered cyclic amide) rings is 1. The van der Waals surface area contributed by atoms with Gasteiger partial charge in [0.05, 0.1) is 25.3 Å². The molecule has 3 aromatic rings. The molecular weight excluding hydrogens is 672 g/mol. The van der Waals surface area contributed by atoms with Gasteiger partial charge in [-0.3, -0.25) is 14.9 Å². The molecule has 2 atom stereocenters. The summed E-state index contributed by atoms with van der Waals surface area (Å²) >= 11 is 0.952. The van der Waals surface area contributed by atoms with E-state index in [2.05, 4.69) is 25.1 Å². The number of hydroxylamine groups is 2. The number of ether oxygens (including phenoxy) is 1. The number of carbonyl (C=O) groups excluding carboxylic acids is 2. The minimum Gasteiger partial charge on any atom is -0.724 e. The van der Waals surface area contributed by atoms with Crippen molar-refractivity contribution in [3.05, 3.63) is 53.7 Å². The molecule has 0 saturated carbocycles. The minimum absolute atomic E-state index is 0.0517. The van der Waals surface area contributed by atoms with E-state index in [1.807, 2.05) is 29.9 Å². The number of nitrogen functional groups attached to an aromatic ring is 1. The van der Waals surface area contributed by atoms with Crippen LogP contribution in [0.25, 0.3) is 11.1 Å². The third kappa shape index (κ3) is 8.72. The van der Waals surface area contributed by atoms with Crippen LogP contribution in [-0.2, 0) is 41.0 Å². The molecule has 2 aromatic heterocycles. The number of hydrogen-bond donors (Lipinski definition) is 5. The van der Waals surface area contributed by atoms with Gasteiger partial charge < -0.3 is 36.0 Å². The maximum Gasteiger partial charge on any atom is 0.351 e. The lowest BCUT2D eigenvalue weighted by molar-refractivity contribution is -0.657. The molecule has 1 saturated heterocycles. The van der Waals surface area contributed by atoms with E-state index in [0.29, 0.717) is 17.4 Å². The van der Waals surface area contributed by atoms with E-state index in [0.717, 1.165) is 41.2 Å². The first-order valence-electron chi connectivity index (χ1n) is 14.3. The van der Waals surface area contributed by atoms with Gasteiger partial charge >= 0.3 is 5.97 Å². The zero-order valence-corrected chi connectivity index (χ0v) is 27.6. The molecule has 0 bridgehead atoms. The lowest BCUT2D eigenvalue weighted by atomic mass is 9.84. The highest BCUT2D eigenvalue weighted by molar-refractivity contribution is 7.80. The molecule has 18 nitrogen and oxygen atoms in total. The fourth-order valence-electron chi connectivity index (χ4n) is 4.44. The second kappa shape index (κ2) is 14.9. The van der Waals surface area contributed by atoms with Crippen LogP contribution >= 0.6 is 11.3 Å². The normalized spacial score (nSPS) is 16.5. The van der Waals surface area contributed by atoms with Crippen molar-refractivity contribution in [1.82, 2.24) is 15.4 Å². The molecule has 1 fully saturated rings. The third-order valence-electron chi connectivity index (χ3n) is 7.07. The van der Waals surface area contributed by atoms with Gasteiger partial charge in [0.1, 0.15) is 24.1 Å². The second-order valence-corrected chi connectivity index (χ2v) is 12.8. The number of oxime groups is 1. The molecule has 0 spiro atoms. The van der Waals surface area contributed by atoms with Crippen molar-refractivity contribution in [2.24, 2.45) is 17.9 Å². The van der Waals surface area contributed by atoms with E-state index in [1.54, 1.807) is 24.3 Å². The number of hydrogen-bond acceptors (Lipinski definition) is 15. The number of carboxylic acids is 1. The number of aryl methyl sites for hydroxylation is 1. The summed E-state index contributed by atoms with van der Waals surface area (Å²) in [4.78, 5) is 46.9. The molecule has 1 unspecified atom stereocenters. The molecule has 48 heavy (non-hydrogen) atoms. The van der Waals surface area contributed by atoms with Gasteiger partial charge in [-0.1, -0.05) is 17.3 Å². The molecule has 4 rings (SSSR count). The second-order valence-electron chi connectivity index (χ2n) is 10.9. The van der Waals surface area contributed by atoms with Crippen LogP contribution in [0.2, 0.25) is 0 Å². The van der Waals surface area contributed by atoms with E-state index in [-0.39, 0.29) is 10.8 Å². The molecule has 258 valence electrons. The number of aliphatic carboxylic acids is 1. The zero-order valence-electron chi connectivity index (χ0n) is 26.0. The van der Waals surface area contributed by atoms with Crippen LogP contribution in [0.5, 0.6) is 5.75 Å². The van der Waals surface area contributed by atoms with Crippen LogP contribution in [0.1, 0.15) is 26.0 Å². The Balaban J connectivity index is 1.44. The minimum atomic E-state index is -5.27. The van der Waals surface area contributed by atoms with Crippen molar-refractivity contribution in [3.8, 4) is 16.9 Å². The number of pyridine rings is 1. The average molecular weight is 707 g/mol. The topological polar surface area (TPSA) is 265 Å². The Bertz CT molecular complexity index is 1800. The number of aromatic nitrogens is 2. The zero-order chi connectivity index (χ0) is 35.2. The molecule has 0 radical (unpaired) electrons. The van der Waals surface area contributed by atoms with E-state index in [1.165, 1.54) is 19.2 Å². The van der Waals surface area contributed by atoms with Crippen molar-refractivity contribution in [1.29, 1.82) is 0 Å². The van der Waals surface area contributed by atoms with Gasteiger partial charge in [-0.05, 0) is 56.1 Å². The summed E-state index contributed by atoms with van der Waals surface area (Å²) in [6.45, 7) is 3.47. The number of carbonyl (C=O) groups is 3. The van der Waals surface area contributed by atoms with Crippen molar-refractivity contribution in [2.75, 3.05) is 30.7 Å². The van der Waals surface area contributed by atoms with Crippen LogP contribution < -0.4 is 31.4 Å². The van der Waals surface area contributed by atoms with Gasteiger partial charge in [-0.2, -0.15) is 9.35 Å². The smallest absolute Gasteiger partial charge is 0.351 e. The summed E-state index contributed by atoms with van der Waals surface area (Å²) in [5.41, 5.74) is 11.0. The maximum atomic E-state index is 13.2. The highest BCUT2D eigenvalue weighted by Crippen LogP contribution is 2.33. The van der Waals surface area contributed by atoms with Gasteiger partial charge in [-0.25, -0.2) is 22.8 Å². The van der Waals surface area contributed by atoms with Crippen molar-refractivity contribution < 1.29 is 50.9 Å². The molecule has 1 aromatic carbocycles. The molecule has 20 heteroatoms. The quantitative estimate of drug-likeness (QED) is 0.0244. The number of nitrogens with zero attached hydrogens (tertiary/aromatic N) is 4. The number of thiazole rings is 1. The Morgan fingerprint density at radius 2 is 1.96 bits per heavy atom. The lowest BCUT2D eigenvalue weighted by Gasteiger charge is -2.51. The van der Waals surface area contributed by atoms with Gasteiger partial charge in [0.15, 0.2) is 10.8 Å². The number of anilines is 2. The predicted octanol–water partition coefficient (Wildman–Crippen LogP) is -0.272. The summed E-state index contributed by atoms with van der Waals surface area (Å²) in [5.74, 6) is -2.28. The summed E-state index contributed by atoms with van der Waals surface area (Å²) < 4.78 is 44.7. The SMILES string of the molecule is C[n+]1ccc(-c2ccc(OCC(O/N=C(\C(=O)N[C@@H]3C(=O)N(OS(=O)(=O)[O-])C3(C)C)c3csc(N)n3)C(=O)O)cc2)cc1NCCCN. The fraction of sp³-hybridized carbons (Fsp3) is 0.357. The number of nitrogens with two attached hydrogens (primary N) is 2. The summed E-state index contributed by atoms with van der Waals surface area (Å²) in [7, 11) is -3.35. The largest absolute Gasteiger partial charge is 0.724 e. The number of carboxylic acid groups (broad SMARTS) is 1. The van der Waals surface area contributed by atoms with Gasteiger partial charge in [0.2, 0.25) is 10.4 Å². The first kappa shape index (κ1) is 36.0. The highest BCUT2D eigenvalue weighted by Gasteiger charge is 2.57. The Labute approximate surface area is 279 Å². The predicted molar refractivity (Wildman–Crippen MR) is 170 cm³/mol. The van der Waals surface area contributed by atoms with E-state index < -0.39 is 58.2 Å². The van der Waals surface area contributed by atoms with Crippen LogP contribution in [0.4, 0.5) is 10.9 Å². The Hall–Kier alpha value is -4.89. The molecular formula is C28H34N8O10S2. The summed E-state index contributed by atoms with van der Waals surface area (Å²) in [6.07, 6.45) is 1.06. The molecule has 1 aliphatic heterocycles. The first-order valence-corrected chi connectivity index (χ1v) is 16.5. The van der Waals surface area contributed by atoms with Crippen LogP contribution in [-0.4, -0.2) is 89.0 Å². The van der Waals surface area contributed by atoms with Gasteiger partial charge in [0, 0.05) is 11.4 Å². The van der Waals surface area contributed by atoms with E-state index in [4.69, 9.17) is 21.0 Å². The van der Waals surface area contributed by atoms with Gasteiger partial charge in [0.25, 0.3) is 23.7 Å². The lowest BCUT2D eigenvalue weighted by Crippen LogP contribution is -2.76. The Kier molecular flexibility index (Phi) is 11.2. The highest BCUT2D eigenvalue weighted by atomic mass is 32.3. The Morgan fingerprint density at radius 1 is 1.25 bits per heavy atom. The number of rotatable bonds is 16. The van der Waals surface area contributed by atoms with Crippen molar-refractivity contribution in [3.63, 3.8) is 0 Å². The first-order chi connectivity index (χ1) is 22.6. The van der Waals surface area contributed by atoms with Crippen molar-refractivity contribution >= 4 is 56.2 Å². The van der Waals surface area contributed by atoms with Crippen LogP contribution in [0.3, 0.4) is 0 Å². The molecule has 7 N–H and O–H groups in total. The monoisotopic (exact) mass is 706 g/mol. The van der Waals surface area contributed by atoms with Gasteiger partial charge in [-0.15, -0.1) is 11.3 Å². The third-order valence-corrected chi connectivity index (χ3v) is 8.08. The van der Waals surface area contributed by atoms with E-state index >= 15 is 0 Å². The molecule has 1 aliphatic rings. The molecule has 3 heterocycles. The molecule has 2 amide bonds. The standard InChI is InChI=1S/C28H34N8O10S2/c1-28(2)23(25(38)36(28)46-48(41,42)43)33-24(37)22(19-15-47-27(30)32-19)34-45-20(26(39)40)14-44-18-7-5-16(6-8-18)17-9-12-35(3)21(13-17)31-11-4-10-29/h5-9,12-13,15,20,23H,4,10-11,14,29H2,1-3H3,(H5,30,32,33,37,39,40,41,42,43)/b34-22-/t20?,23-/m1/s1. The fourth-order valence-corrected chi connectivity index (χ4v) is 5.44. The van der Waals surface area contributed by atoms with Crippen LogP contribution in [0, 0.1) is 0 Å². The molecule has 0 aliphatic carbocycles. The number of nitrogens with one attached hydrogen (secondary N) is 2. The summed E-state index contributed by atoms with van der Waals surface area (Å²) in [5, 5.41) is 20.9. The van der Waals surface area contributed by atoms with E-state index in [9.17, 15) is 32.5 Å². The summed E-state index contributed by atoms with van der Waals surface area (Å²) in [6, 6.07) is 9.51. The van der Waals surface area contributed by atoms with Crippen molar-refractivity contribution in [2.45, 2.75) is 38.0 Å².